The molecule has 0 aliphatic heterocycles. The lowest BCUT2D eigenvalue weighted by atomic mass is 10.1. The molecule has 150 valence electrons. The number of halogens is 1. The van der Waals surface area contributed by atoms with Crippen molar-refractivity contribution in [3.05, 3.63) is 17.5 Å². The summed E-state index contributed by atoms with van der Waals surface area (Å²) in [6, 6.07) is 0. The molecule has 26 heavy (non-hydrogen) atoms. The normalized spacial score (nSPS) is 14.5. The van der Waals surface area contributed by atoms with E-state index in [4.69, 9.17) is 9.73 Å². The molecule has 0 unspecified atom stereocenters. The van der Waals surface area contributed by atoms with Crippen LogP contribution >= 0.6 is 24.0 Å². The second kappa shape index (κ2) is 11.8. The summed E-state index contributed by atoms with van der Waals surface area (Å²) in [5.41, 5.74) is 2.43. The van der Waals surface area contributed by atoms with Crippen molar-refractivity contribution >= 4 is 29.9 Å². The standard InChI is InChI=1S/C19H35N5O.HI/c1-6-20-19(21-10-7-11-25-14-16-8-9-16)23(4)12-17-13-24(5)22-18(17)15(2)3;/h13,15-16H,6-12,14H2,1-5H3,(H,20,21);1H. The van der Waals surface area contributed by atoms with E-state index in [0.29, 0.717) is 5.92 Å². The van der Waals surface area contributed by atoms with Crippen molar-refractivity contribution in [3.8, 4) is 0 Å². The van der Waals surface area contributed by atoms with E-state index in [9.17, 15) is 0 Å². The van der Waals surface area contributed by atoms with E-state index in [1.165, 1.54) is 24.1 Å². The SMILES string of the molecule is CCNC(=NCCCOCC1CC1)N(C)Cc1cn(C)nc1C(C)C.I. The van der Waals surface area contributed by atoms with Crippen LogP contribution < -0.4 is 5.32 Å². The molecule has 0 spiro atoms. The van der Waals surface area contributed by atoms with Gasteiger partial charge in [-0.25, -0.2) is 0 Å². The molecule has 1 saturated carbocycles. The monoisotopic (exact) mass is 477 g/mol. The molecule has 0 radical (unpaired) electrons. The van der Waals surface area contributed by atoms with E-state index in [-0.39, 0.29) is 24.0 Å². The van der Waals surface area contributed by atoms with Gasteiger partial charge in [-0.1, -0.05) is 13.8 Å². The lowest BCUT2D eigenvalue weighted by Crippen LogP contribution is -2.38. The second-order valence-corrected chi connectivity index (χ2v) is 7.33. The molecule has 2 rings (SSSR count). The molecule has 0 aromatic carbocycles. The first-order valence-corrected chi connectivity index (χ1v) is 9.60. The van der Waals surface area contributed by atoms with Gasteiger partial charge in [0, 0.05) is 58.7 Å². The maximum absolute atomic E-state index is 5.69. The Morgan fingerprint density at radius 1 is 1.46 bits per heavy atom. The number of guanidine groups is 1. The van der Waals surface area contributed by atoms with Gasteiger partial charge in [0.05, 0.1) is 5.69 Å². The van der Waals surface area contributed by atoms with Crippen LogP contribution in [-0.4, -0.2) is 54.0 Å². The van der Waals surface area contributed by atoms with Crippen LogP contribution in [0.2, 0.25) is 0 Å². The zero-order valence-corrected chi connectivity index (χ0v) is 19.3. The highest BCUT2D eigenvalue weighted by molar-refractivity contribution is 14.0. The highest BCUT2D eigenvalue weighted by Gasteiger charge is 2.20. The Hall–Kier alpha value is -0.830. The average Bonchev–Trinajstić information content (AvgIpc) is 3.31. The van der Waals surface area contributed by atoms with Gasteiger partial charge in [-0.15, -0.1) is 24.0 Å². The van der Waals surface area contributed by atoms with Crippen molar-refractivity contribution in [2.45, 2.75) is 52.5 Å². The molecular formula is C19H36IN5O. The smallest absolute Gasteiger partial charge is 0.193 e. The van der Waals surface area contributed by atoms with Gasteiger partial charge in [-0.2, -0.15) is 5.10 Å². The number of hydrogen-bond acceptors (Lipinski definition) is 3. The van der Waals surface area contributed by atoms with Crippen molar-refractivity contribution in [1.29, 1.82) is 0 Å². The first kappa shape index (κ1) is 23.2. The zero-order valence-electron chi connectivity index (χ0n) is 17.0. The van der Waals surface area contributed by atoms with E-state index in [1.54, 1.807) is 0 Å². The van der Waals surface area contributed by atoms with Gasteiger partial charge in [0.25, 0.3) is 0 Å². The van der Waals surface area contributed by atoms with Gasteiger partial charge >= 0.3 is 0 Å². The largest absolute Gasteiger partial charge is 0.381 e. The molecule has 0 amide bonds. The summed E-state index contributed by atoms with van der Waals surface area (Å²) in [6.45, 7) is 10.7. The van der Waals surface area contributed by atoms with Crippen LogP contribution in [0.4, 0.5) is 0 Å². The molecule has 0 bridgehead atoms. The molecule has 0 atom stereocenters. The third kappa shape index (κ3) is 7.82. The number of aliphatic imine (C=N–C) groups is 1. The lowest BCUT2D eigenvalue weighted by molar-refractivity contribution is 0.123. The predicted octanol–water partition coefficient (Wildman–Crippen LogP) is 3.38. The van der Waals surface area contributed by atoms with E-state index in [0.717, 1.165) is 51.1 Å². The average molecular weight is 477 g/mol. The van der Waals surface area contributed by atoms with Gasteiger partial charge < -0.3 is 15.0 Å². The fourth-order valence-corrected chi connectivity index (χ4v) is 2.85. The highest BCUT2D eigenvalue weighted by atomic mass is 127. The maximum atomic E-state index is 5.69. The molecule has 1 aliphatic rings. The predicted molar refractivity (Wildman–Crippen MR) is 118 cm³/mol. The molecule has 1 N–H and O–H groups in total. The minimum absolute atomic E-state index is 0. The Balaban J connectivity index is 0.00000338. The quantitative estimate of drug-likeness (QED) is 0.243. The summed E-state index contributed by atoms with van der Waals surface area (Å²) in [4.78, 5) is 6.93. The fourth-order valence-electron chi connectivity index (χ4n) is 2.85. The van der Waals surface area contributed by atoms with Crippen LogP contribution in [-0.2, 0) is 18.3 Å². The van der Waals surface area contributed by atoms with E-state index in [2.05, 4.69) is 49.3 Å². The van der Waals surface area contributed by atoms with Crippen molar-refractivity contribution in [2.24, 2.45) is 18.0 Å². The Bertz CT molecular complexity index is 554. The van der Waals surface area contributed by atoms with Crippen molar-refractivity contribution in [1.82, 2.24) is 20.0 Å². The van der Waals surface area contributed by atoms with Gasteiger partial charge in [0.2, 0.25) is 0 Å². The number of rotatable bonds is 10. The molecule has 1 heterocycles. The first-order chi connectivity index (χ1) is 12.0. The Kier molecular flexibility index (Phi) is 10.5. The number of hydrogen-bond donors (Lipinski definition) is 1. The van der Waals surface area contributed by atoms with Crippen molar-refractivity contribution in [2.75, 3.05) is 33.4 Å². The number of aromatic nitrogens is 2. The highest BCUT2D eigenvalue weighted by Crippen LogP contribution is 2.28. The van der Waals surface area contributed by atoms with Gasteiger partial charge in [-0.3, -0.25) is 9.67 Å². The van der Waals surface area contributed by atoms with E-state index in [1.807, 2.05) is 11.7 Å². The molecule has 6 nitrogen and oxygen atoms in total. The third-order valence-corrected chi connectivity index (χ3v) is 4.35. The summed E-state index contributed by atoms with van der Waals surface area (Å²) in [5, 5.41) is 7.98. The first-order valence-electron chi connectivity index (χ1n) is 9.60. The van der Waals surface area contributed by atoms with Crippen LogP contribution in [0.5, 0.6) is 0 Å². The van der Waals surface area contributed by atoms with Crippen molar-refractivity contribution < 1.29 is 4.74 Å². The number of nitrogens with zero attached hydrogens (tertiary/aromatic N) is 4. The number of nitrogens with one attached hydrogen (secondary N) is 1. The van der Waals surface area contributed by atoms with E-state index >= 15 is 0 Å². The van der Waals surface area contributed by atoms with Crippen LogP contribution in [0.15, 0.2) is 11.2 Å². The molecule has 0 saturated heterocycles. The van der Waals surface area contributed by atoms with Gasteiger partial charge in [0.1, 0.15) is 0 Å². The van der Waals surface area contributed by atoms with E-state index < -0.39 is 0 Å². The van der Waals surface area contributed by atoms with Gasteiger partial charge in [-0.05, 0) is 38.0 Å². The maximum Gasteiger partial charge on any atom is 0.193 e. The minimum Gasteiger partial charge on any atom is -0.381 e. The van der Waals surface area contributed by atoms with Crippen LogP contribution in [0.1, 0.15) is 57.2 Å². The molecule has 1 aliphatic carbocycles. The number of ether oxygens (including phenoxy) is 1. The molecule has 1 aromatic heterocycles. The molecule has 1 fully saturated rings. The third-order valence-electron chi connectivity index (χ3n) is 4.35. The Labute approximate surface area is 175 Å². The van der Waals surface area contributed by atoms with Crippen LogP contribution in [0, 0.1) is 5.92 Å². The summed E-state index contributed by atoms with van der Waals surface area (Å²) in [6.07, 6.45) is 5.78. The lowest BCUT2D eigenvalue weighted by Gasteiger charge is -2.22. The number of aryl methyl sites for hydroxylation is 1. The summed E-state index contributed by atoms with van der Waals surface area (Å²) >= 11 is 0. The van der Waals surface area contributed by atoms with Crippen molar-refractivity contribution in [3.63, 3.8) is 0 Å². The van der Waals surface area contributed by atoms with Gasteiger partial charge in [0.15, 0.2) is 5.96 Å². The summed E-state index contributed by atoms with van der Waals surface area (Å²) in [7, 11) is 4.07. The van der Waals surface area contributed by atoms with Crippen LogP contribution in [0.25, 0.3) is 0 Å². The molecular weight excluding hydrogens is 441 g/mol. The second-order valence-electron chi connectivity index (χ2n) is 7.33. The Morgan fingerprint density at radius 2 is 2.19 bits per heavy atom. The summed E-state index contributed by atoms with van der Waals surface area (Å²) in [5.74, 6) is 2.21. The zero-order chi connectivity index (χ0) is 18.2. The summed E-state index contributed by atoms with van der Waals surface area (Å²) < 4.78 is 7.59. The Morgan fingerprint density at radius 3 is 2.81 bits per heavy atom. The molecule has 7 heteroatoms. The van der Waals surface area contributed by atoms with Crippen LogP contribution in [0.3, 0.4) is 0 Å². The topological polar surface area (TPSA) is 54.7 Å². The fraction of sp³-hybridized carbons (Fsp3) is 0.789. The minimum atomic E-state index is 0. The molecule has 1 aromatic rings.